The lowest BCUT2D eigenvalue weighted by Gasteiger charge is -2.26. The number of aromatic hydroxyl groups is 1. The van der Waals surface area contributed by atoms with Gasteiger partial charge in [-0.25, -0.2) is 9.18 Å². The number of carboxylic acid groups (broad SMARTS) is 1. The van der Waals surface area contributed by atoms with Gasteiger partial charge in [0.15, 0.2) is 0 Å². The SMILES string of the molecule is CCC1SCC(C(=O)O)N1C(=O)c1ccc(F)cc1O. The molecule has 1 aromatic carbocycles. The maximum atomic E-state index is 13.0. The Morgan fingerprint density at radius 3 is 2.75 bits per heavy atom. The van der Waals surface area contributed by atoms with Crippen molar-refractivity contribution in [3.8, 4) is 5.75 Å². The summed E-state index contributed by atoms with van der Waals surface area (Å²) in [5, 5.41) is 18.6. The molecule has 1 saturated heterocycles. The van der Waals surface area contributed by atoms with Crippen LogP contribution in [0.1, 0.15) is 23.7 Å². The molecule has 0 aromatic heterocycles. The zero-order chi connectivity index (χ0) is 14.9. The molecule has 1 amide bonds. The van der Waals surface area contributed by atoms with Crippen LogP contribution in [0.3, 0.4) is 0 Å². The number of aliphatic carboxylic acids is 1. The molecule has 0 radical (unpaired) electrons. The number of carboxylic acids is 1. The molecule has 2 N–H and O–H groups in total. The molecule has 0 bridgehead atoms. The van der Waals surface area contributed by atoms with E-state index in [2.05, 4.69) is 0 Å². The minimum Gasteiger partial charge on any atom is -0.507 e. The minimum absolute atomic E-state index is 0.0846. The van der Waals surface area contributed by atoms with Gasteiger partial charge in [0.05, 0.1) is 10.9 Å². The standard InChI is InChI=1S/C13H14FNO4S/c1-2-11-15(9(6-20-11)13(18)19)12(17)8-4-3-7(14)5-10(8)16/h3-5,9,11,16H,2,6H2,1H3,(H,18,19). The Labute approximate surface area is 119 Å². The van der Waals surface area contributed by atoms with Crippen LogP contribution >= 0.6 is 11.8 Å². The quantitative estimate of drug-likeness (QED) is 0.891. The first-order chi connectivity index (χ1) is 9.45. The summed E-state index contributed by atoms with van der Waals surface area (Å²) in [6.07, 6.45) is 0.599. The van der Waals surface area contributed by atoms with Crippen LogP contribution in [0.4, 0.5) is 4.39 Å². The molecular formula is C13H14FNO4S. The summed E-state index contributed by atoms with van der Waals surface area (Å²) in [5.41, 5.74) is -0.0846. The number of phenols is 1. The second-order valence-corrected chi connectivity index (χ2v) is 5.63. The molecule has 1 aliphatic rings. The van der Waals surface area contributed by atoms with Gasteiger partial charge in [0, 0.05) is 11.8 Å². The van der Waals surface area contributed by atoms with Crippen LogP contribution in [0.25, 0.3) is 0 Å². The van der Waals surface area contributed by atoms with Gasteiger partial charge in [-0.15, -0.1) is 11.8 Å². The number of benzene rings is 1. The van der Waals surface area contributed by atoms with Crippen molar-refractivity contribution < 1.29 is 24.2 Å². The second kappa shape index (κ2) is 5.70. The summed E-state index contributed by atoms with van der Waals surface area (Å²) in [4.78, 5) is 24.9. The van der Waals surface area contributed by atoms with Gasteiger partial charge in [-0.3, -0.25) is 4.79 Å². The lowest BCUT2D eigenvalue weighted by atomic mass is 10.1. The van der Waals surface area contributed by atoms with Crippen LogP contribution in [-0.4, -0.2) is 44.2 Å². The largest absolute Gasteiger partial charge is 0.507 e. The zero-order valence-electron chi connectivity index (χ0n) is 10.7. The summed E-state index contributed by atoms with van der Waals surface area (Å²) in [5.74, 6) is -2.50. The van der Waals surface area contributed by atoms with Crippen LogP contribution < -0.4 is 0 Å². The molecule has 0 aliphatic carbocycles. The fourth-order valence-electron chi connectivity index (χ4n) is 2.17. The Morgan fingerprint density at radius 2 is 2.20 bits per heavy atom. The number of thioether (sulfide) groups is 1. The predicted molar refractivity (Wildman–Crippen MR) is 72.2 cm³/mol. The lowest BCUT2D eigenvalue weighted by molar-refractivity contribution is -0.141. The Kier molecular flexibility index (Phi) is 4.17. The molecule has 2 rings (SSSR count). The van der Waals surface area contributed by atoms with E-state index in [4.69, 9.17) is 0 Å². The van der Waals surface area contributed by atoms with Crippen LogP contribution in [0, 0.1) is 5.82 Å². The average molecular weight is 299 g/mol. The van der Waals surface area contributed by atoms with Crippen LogP contribution in [0.15, 0.2) is 18.2 Å². The van der Waals surface area contributed by atoms with Crippen LogP contribution in [0.5, 0.6) is 5.75 Å². The molecule has 2 unspecified atom stereocenters. The fraction of sp³-hybridized carbons (Fsp3) is 0.385. The molecule has 108 valence electrons. The van der Waals surface area contributed by atoms with E-state index < -0.39 is 29.5 Å². The van der Waals surface area contributed by atoms with Gasteiger partial charge in [-0.1, -0.05) is 6.92 Å². The first-order valence-electron chi connectivity index (χ1n) is 6.11. The zero-order valence-corrected chi connectivity index (χ0v) is 11.6. The Hall–Kier alpha value is -1.76. The van der Waals surface area contributed by atoms with Gasteiger partial charge in [-0.05, 0) is 18.6 Å². The number of rotatable bonds is 3. The number of nitrogens with zero attached hydrogens (tertiary/aromatic N) is 1. The van der Waals surface area contributed by atoms with Crippen molar-refractivity contribution in [1.82, 2.24) is 4.90 Å². The predicted octanol–water partition coefficient (Wildman–Crippen LogP) is 1.91. The van der Waals surface area contributed by atoms with Crippen molar-refractivity contribution in [2.45, 2.75) is 24.8 Å². The van der Waals surface area contributed by atoms with Crippen molar-refractivity contribution in [1.29, 1.82) is 0 Å². The van der Waals surface area contributed by atoms with E-state index in [9.17, 15) is 24.2 Å². The third-order valence-corrected chi connectivity index (χ3v) is 4.60. The van der Waals surface area contributed by atoms with Crippen LogP contribution in [0.2, 0.25) is 0 Å². The fourth-order valence-corrected chi connectivity index (χ4v) is 3.51. The van der Waals surface area contributed by atoms with Gasteiger partial charge in [-0.2, -0.15) is 0 Å². The van der Waals surface area contributed by atoms with Gasteiger partial charge >= 0.3 is 5.97 Å². The van der Waals surface area contributed by atoms with Crippen molar-refractivity contribution in [2.24, 2.45) is 0 Å². The molecule has 1 aromatic rings. The third kappa shape index (κ3) is 2.58. The van der Waals surface area contributed by atoms with E-state index in [1.54, 1.807) is 0 Å². The minimum atomic E-state index is -1.08. The van der Waals surface area contributed by atoms with Gasteiger partial charge in [0.25, 0.3) is 5.91 Å². The molecule has 20 heavy (non-hydrogen) atoms. The molecule has 1 fully saturated rings. The monoisotopic (exact) mass is 299 g/mol. The van der Waals surface area contributed by atoms with Crippen molar-refractivity contribution in [3.63, 3.8) is 0 Å². The number of carbonyl (C=O) groups is 2. The van der Waals surface area contributed by atoms with Gasteiger partial charge in [0.2, 0.25) is 0 Å². The van der Waals surface area contributed by atoms with E-state index in [0.717, 1.165) is 12.1 Å². The molecule has 2 atom stereocenters. The highest BCUT2D eigenvalue weighted by Gasteiger charge is 2.41. The molecule has 0 spiro atoms. The van der Waals surface area contributed by atoms with Crippen molar-refractivity contribution in [2.75, 3.05) is 5.75 Å². The second-order valence-electron chi connectivity index (χ2n) is 4.42. The highest BCUT2D eigenvalue weighted by molar-refractivity contribution is 8.00. The number of hydrogen-bond acceptors (Lipinski definition) is 4. The smallest absolute Gasteiger partial charge is 0.327 e. The van der Waals surface area contributed by atoms with E-state index in [-0.39, 0.29) is 10.9 Å². The number of halogens is 1. The highest BCUT2D eigenvalue weighted by Crippen LogP contribution is 2.34. The first kappa shape index (κ1) is 14.6. The van der Waals surface area contributed by atoms with E-state index >= 15 is 0 Å². The van der Waals surface area contributed by atoms with Gasteiger partial charge < -0.3 is 15.1 Å². The highest BCUT2D eigenvalue weighted by atomic mass is 32.2. The average Bonchev–Trinajstić information content (AvgIpc) is 2.81. The summed E-state index contributed by atoms with van der Waals surface area (Å²) < 4.78 is 13.0. The number of carbonyl (C=O) groups excluding carboxylic acids is 1. The summed E-state index contributed by atoms with van der Waals surface area (Å²) in [6, 6.07) is 2.14. The van der Waals surface area contributed by atoms with Gasteiger partial charge in [0.1, 0.15) is 17.6 Å². The third-order valence-electron chi connectivity index (χ3n) is 3.15. The first-order valence-corrected chi connectivity index (χ1v) is 7.16. The number of phenolic OH excluding ortho intramolecular Hbond substituents is 1. The molecule has 7 heteroatoms. The summed E-state index contributed by atoms with van der Waals surface area (Å²) in [7, 11) is 0. The maximum absolute atomic E-state index is 13.0. The molecule has 5 nitrogen and oxygen atoms in total. The lowest BCUT2D eigenvalue weighted by Crippen LogP contribution is -2.45. The Bertz CT molecular complexity index is 551. The molecule has 1 aliphatic heterocycles. The van der Waals surface area contributed by atoms with E-state index in [1.165, 1.54) is 22.7 Å². The van der Waals surface area contributed by atoms with E-state index in [1.807, 2.05) is 6.92 Å². The summed E-state index contributed by atoms with van der Waals surface area (Å²) in [6.45, 7) is 1.85. The summed E-state index contributed by atoms with van der Waals surface area (Å²) >= 11 is 1.39. The molecular weight excluding hydrogens is 285 g/mol. The van der Waals surface area contributed by atoms with Crippen molar-refractivity contribution in [3.05, 3.63) is 29.6 Å². The molecule has 1 heterocycles. The normalized spacial score (nSPS) is 22.0. The Balaban J connectivity index is 2.36. The number of amides is 1. The topological polar surface area (TPSA) is 77.8 Å². The van der Waals surface area contributed by atoms with Crippen LogP contribution in [-0.2, 0) is 4.79 Å². The number of hydrogen-bond donors (Lipinski definition) is 2. The molecule has 0 saturated carbocycles. The Morgan fingerprint density at radius 1 is 1.50 bits per heavy atom. The van der Waals surface area contributed by atoms with E-state index in [0.29, 0.717) is 12.2 Å². The maximum Gasteiger partial charge on any atom is 0.327 e. The van der Waals surface area contributed by atoms with Crippen molar-refractivity contribution >= 4 is 23.6 Å².